The quantitative estimate of drug-likeness (QED) is 0.867. The molecule has 1 fully saturated rings. The third-order valence-corrected chi connectivity index (χ3v) is 4.18. The number of likely N-dealkylation sites (tertiary alicyclic amines) is 1. The molecule has 2 rings (SSSR count). The summed E-state index contributed by atoms with van der Waals surface area (Å²) in [5.74, 6) is -0.997. The van der Waals surface area contributed by atoms with Gasteiger partial charge < -0.3 is 14.7 Å². The molecule has 122 valence electrons. The highest BCUT2D eigenvalue weighted by Crippen LogP contribution is 2.31. The zero-order chi connectivity index (χ0) is 15.4. The molecule has 0 saturated carbocycles. The highest BCUT2D eigenvalue weighted by Gasteiger charge is 2.30. The molecule has 1 aromatic rings. The van der Waals surface area contributed by atoms with E-state index in [1.54, 1.807) is 23.1 Å². The summed E-state index contributed by atoms with van der Waals surface area (Å²) in [6.07, 6.45) is 0.678. The van der Waals surface area contributed by atoms with Crippen molar-refractivity contribution in [3.63, 3.8) is 0 Å². The molecule has 22 heavy (non-hydrogen) atoms. The van der Waals surface area contributed by atoms with Crippen LogP contribution >= 0.6 is 35.6 Å². The Morgan fingerprint density at radius 2 is 2.09 bits per heavy atom. The number of aliphatic carboxylic acids is 1. The van der Waals surface area contributed by atoms with Crippen LogP contribution in [0.5, 0.6) is 5.75 Å². The number of carboxylic acids is 1. The predicted molar refractivity (Wildman–Crippen MR) is 86.1 cm³/mol. The van der Waals surface area contributed by atoms with E-state index in [2.05, 4.69) is 0 Å². The van der Waals surface area contributed by atoms with Crippen molar-refractivity contribution in [2.24, 2.45) is 5.92 Å². The minimum absolute atomic E-state index is 0. The fourth-order valence-corrected chi connectivity index (χ4v) is 2.54. The van der Waals surface area contributed by atoms with Gasteiger partial charge in [-0.15, -0.1) is 12.4 Å². The number of carboxylic acid groups (broad SMARTS) is 1. The Morgan fingerprint density at radius 3 is 2.73 bits per heavy atom. The highest BCUT2D eigenvalue weighted by molar-refractivity contribution is 6.42. The maximum Gasteiger partial charge on any atom is 0.308 e. The standard InChI is InChI=1S/C14H15Cl2NO4.ClH/c15-10-2-1-3-11(13(10)16)21-7-5-12(18)17-6-4-9(8-17)14(19)20;/h1-3,9H,4-8H2,(H,19,20);1H. The first kappa shape index (κ1) is 18.9. The lowest BCUT2D eigenvalue weighted by atomic mass is 10.1. The summed E-state index contributed by atoms with van der Waals surface area (Å²) >= 11 is 11.8. The van der Waals surface area contributed by atoms with Gasteiger partial charge in [-0.3, -0.25) is 9.59 Å². The van der Waals surface area contributed by atoms with E-state index in [0.717, 1.165) is 0 Å². The molecule has 0 aliphatic carbocycles. The minimum Gasteiger partial charge on any atom is -0.491 e. The van der Waals surface area contributed by atoms with E-state index in [4.69, 9.17) is 33.0 Å². The molecule has 5 nitrogen and oxygen atoms in total. The van der Waals surface area contributed by atoms with Crippen LogP contribution in [0.1, 0.15) is 12.8 Å². The fraction of sp³-hybridized carbons (Fsp3) is 0.429. The normalized spacial score (nSPS) is 17.0. The molecular weight excluding hydrogens is 353 g/mol. The number of hydrogen-bond donors (Lipinski definition) is 1. The summed E-state index contributed by atoms with van der Waals surface area (Å²) in [4.78, 5) is 24.4. The van der Waals surface area contributed by atoms with Crippen LogP contribution in [-0.4, -0.2) is 41.6 Å². The van der Waals surface area contributed by atoms with Crippen LogP contribution in [0.3, 0.4) is 0 Å². The minimum atomic E-state index is -0.854. The van der Waals surface area contributed by atoms with E-state index in [9.17, 15) is 9.59 Å². The highest BCUT2D eigenvalue weighted by atomic mass is 35.5. The van der Waals surface area contributed by atoms with Gasteiger partial charge in [0.15, 0.2) is 0 Å². The van der Waals surface area contributed by atoms with Gasteiger partial charge in [-0.1, -0.05) is 29.3 Å². The number of carbonyl (C=O) groups is 2. The number of hydrogen-bond acceptors (Lipinski definition) is 3. The van der Waals surface area contributed by atoms with Crippen molar-refractivity contribution in [1.82, 2.24) is 4.90 Å². The number of amides is 1. The molecule has 0 spiro atoms. The molecule has 1 N–H and O–H groups in total. The summed E-state index contributed by atoms with van der Waals surface area (Å²) in [5.41, 5.74) is 0. The Labute approximate surface area is 144 Å². The molecule has 1 saturated heterocycles. The maximum absolute atomic E-state index is 11.9. The van der Waals surface area contributed by atoms with Crippen molar-refractivity contribution in [1.29, 1.82) is 0 Å². The monoisotopic (exact) mass is 367 g/mol. The first-order valence-electron chi connectivity index (χ1n) is 6.56. The number of ether oxygens (including phenoxy) is 1. The third kappa shape index (κ3) is 4.66. The molecule has 1 heterocycles. The second-order valence-corrected chi connectivity index (χ2v) is 5.60. The Balaban J connectivity index is 0.00000242. The first-order valence-corrected chi connectivity index (χ1v) is 7.32. The Morgan fingerprint density at radius 1 is 1.36 bits per heavy atom. The zero-order valence-corrected chi connectivity index (χ0v) is 14.0. The second kappa shape index (κ2) is 8.46. The SMILES string of the molecule is Cl.O=C(O)C1CCN(C(=O)CCOc2cccc(Cl)c2Cl)C1. The van der Waals surface area contributed by atoms with Gasteiger partial charge in [0.25, 0.3) is 0 Å². The summed E-state index contributed by atoms with van der Waals surface area (Å²) < 4.78 is 5.44. The predicted octanol–water partition coefficient (Wildman–Crippen LogP) is 3.12. The summed E-state index contributed by atoms with van der Waals surface area (Å²) in [6.45, 7) is 0.924. The summed E-state index contributed by atoms with van der Waals surface area (Å²) in [7, 11) is 0. The fourth-order valence-electron chi connectivity index (χ4n) is 2.19. The molecule has 1 aliphatic rings. The van der Waals surface area contributed by atoms with Crippen molar-refractivity contribution >= 4 is 47.5 Å². The van der Waals surface area contributed by atoms with Crippen molar-refractivity contribution in [2.75, 3.05) is 19.7 Å². The molecule has 8 heteroatoms. The van der Waals surface area contributed by atoms with Crippen LogP contribution in [0.25, 0.3) is 0 Å². The largest absolute Gasteiger partial charge is 0.491 e. The van der Waals surface area contributed by atoms with Gasteiger partial charge in [0.1, 0.15) is 10.8 Å². The van der Waals surface area contributed by atoms with Crippen LogP contribution in [0.15, 0.2) is 18.2 Å². The molecule has 1 atom stereocenters. The molecule has 1 unspecified atom stereocenters. The second-order valence-electron chi connectivity index (χ2n) is 4.81. The number of benzene rings is 1. The Hall–Kier alpha value is -1.17. The Bertz CT molecular complexity index is 553. The lowest BCUT2D eigenvalue weighted by molar-refractivity contribution is -0.141. The van der Waals surface area contributed by atoms with Crippen molar-refractivity contribution in [3.05, 3.63) is 28.2 Å². The van der Waals surface area contributed by atoms with Crippen molar-refractivity contribution in [3.8, 4) is 5.75 Å². The van der Waals surface area contributed by atoms with Crippen LogP contribution in [0.4, 0.5) is 0 Å². The van der Waals surface area contributed by atoms with Gasteiger partial charge in [-0.25, -0.2) is 0 Å². The summed E-state index contributed by atoms with van der Waals surface area (Å²) in [6, 6.07) is 5.04. The van der Waals surface area contributed by atoms with Crippen LogP contribution < -0.4 is 4.74 Å². The van der Waals surface area contributed by atoms with Crippen LogP contribution in [0.2, 0.25) is 10.0 Å². The van der Waals surface area contributed by atoms with Gasteiger partial charge in [0.05, 0.1) is 24.0 Å². The van der Waals surface area contributed by atoms with Crippen molar-refractivity contribution < 1.29 is 19.4 Å². The van der Waals surface area contributed by atoms with E-state index >= 15 is 0 Å². The molecule has 1 aromatic carbocycles. The topological polar surface area (TPSA) is 66.8 Å². The average Bonchev–Trinajstić information content (AvgIpc) is 2.93. The molecular formula is C14H16Cl3NO4. The van der Waals surface area contributed by atoms with Crippen LogP contribution in [-0.2, 0) is 9.59 Å². The lowest BCUT2D eigenvalue weighted by Crippen LogP contribution is -2.30. The van der Waals surface area contributed by atoms with Gasteiger partial charge in [0.2, 0.25) is 5.91 Å². The smallest absolute Gasteiger partial charge is 0.308 e. The Kier molecular flexibility index (Phi) is 7.26. The molecule has 0 radical (unpaired) electrons. The van der Waals surface area contributed by atoms with Gasteiger partial charge in [-0.05, 0) is 18.6 Å². The number of halogens is 3. The van der Waals surface area contributed by atoms with Crippen molar-refractivity contribution in [2.45, 2.75) is 12.8 Å². The molecule has 0 bridgehead atoms. The number of nitrogens with zero attached hydrogens (tertiary/aromatic N) is 1. The van der Waals surface area contributed by atoms with E-state index < -0.39 is 11.9 Å². The van der Waals surface area contributed by atoms with Gasteiger partial charge in [0, 0.05) is 13.1 Å². The van der Waals surface area contributed by atoms with E-state index in [1.165, 1.54) is 0 Å². The van der Waals surface area contributed by atoms with Gasteiger partial charge >= 0.3 is 5.97 Å². The average molecular weight is 369 g/mol. The number of rotatable bonds is 5. The zero-order valence-electron chi connectivity index (χ0n) is 11.6. The third-order valence-electron chi connectivity index (χ3n) is 3.38. The van der Waals surface area contributed by atoms with E-state index in [0.29, 0.717) is 28.8 Å². The number of carbonyl (C=O) groups excluding carboxylic acids is 1. The first-order chi connectivity index (χ1) is 9.99. The molecule has 0 aromatic heterocycles. The van der Waals surface area contributed by atoms with E-state index in [1.807, 2.05) is 0 Å². The maximum atomic E-state index is 11.9. The van der Waals surface area contributed by atoms with Crippen LogP contribution in [0, 0.1) is 5.92 Å². The summed E-state index contributed by atoms with van der Waals surface area (Å²) in [5, 5.41) is 9.62. The lowest BCUT2D eigenvalue weighted by Gasteiger charge is -2.16. The molecule has 1 amide bonds. The van der Waals surface area contributed by atoms with Gasteiger partial charge in [-0.2, -0.15) is 0 Å². The van der Waals surface area contributed by atoms with E-state index in [-0.39, 0.29) is 37.9 Å². The molecule has 1 aliphatic heterocycles.